The van der Waals surface area contributed by atoms with Gasteiger partial charge in [0.05, 0.1) is 18.1 Å². The van der Waals surface area contributed by atoms with Crippen LogP contribution in [0.4, 0.5) is 8.78 Å². The summed E-state index contributed by atoms with van der Waals surface area (Å²) >= 11 is 0. The quantitative estimate of drug-likeness (QED) is 0.846. The number of sulfone groups is 1. The third-order valence-corrected chi connectivity index (χ3v) is 6.30. The van der Waals surface area contributed by atoms with E-state index in [4.69, 9.17) is 5.11 Å². The third-order valence-electron chi connectivity index (χ3n) is 4.60. The Morgan fingerprint density at radius 2 is 1.61 bits per heavy atom. The molecule has 3 rings (SSSR count). The first-order valence-electron chi connectivity index (χ1n) is 7.62. The Morgan fingerprint density at radius 1 is 1.04 bits per heavy atom. The van der Waals surface area contributed by atoms with Gasteiger partial charge in [0.1, 0.15) is 11.6 Å². The van der Waals surface area contributed by atoms with E-state index in [0.29, 0.717) is 31.7 Å². The van der Waals surface area contributed by atoms with Crippen LogP contribution in [0.1, 0.15) is 5.56 Å². The van der Waals surface area contributed by atoms with Crippen molar-refractivity contribution in [3.05, 3.63) is 35.4 Å². The molecular weight excluding hydrogens is 326 g/mol. The van der Waals surface area contributed by atoms with E-state index >= 15 is 0 Å². The van der Waals surface area contributed by atoms with E-state index in [1.807, 2.05) is 9.80 Å². The Morgan fingerprint density at radius 3 is 2.22 bits per heavy atom. The minimum Gasteiger partial charge on any atom is -0.395 e. The predicted octanol–water partition coefficient (Wildman–Crippen LogP) is 0.240. The second-order valence-corrected chi connectivity index (χ2v) is 8.37. The van der Waals surface area contributed by atoms with Crippen LogP contribution in [0.2, 0.25) is 0 Å². The lowest BCUT2D eigenvalue weighted by Crippen LogP contribution is -2.59. The molecule has 0 amide bonds. The first-order chi connectivity index (χ1) is 10.9. The number of fused-ring (bicyclic) bond motifs is 1. The van der Waals surface area contributed by atoms with E-state index in [1.165, 1.54) is 12.1 Å². The minimum atomic E-state index is -3.13. The highest BCUT2D eigenvalue weighted by atomic mass is 32.2. The maximum Gasteiger partial charge on any atom is 0.153 e. The molecule has 5 nitrogen and oxygen atoms in total. The van der Waals surface area contributed by atoms with Gasteiger partial charge in [0, 0.05) is 44.3 Å². The molecule has 0 unspecified atom stereocenters. The van der Waals surface area contributed by atoms with Crippen LogP contribution in [-0.2, 0) is 16.4 Å². The second-order valence-electron chi connectivity index (χ2n) is 6.22. The molecule has 2 aliphatic heterocycles. The number of β-amino-alcohol motifs (C(OH)–C–C–N with tert-alkyl or cyclic N) is 1. The second kappa shape index (κ2) is 6.43. The highest BCUT2D eigenvalue weighted by molar-refractivity contribution is 7.91. The molecule has 0 bridgehead atoms. The van der Waals surface area contributed by atoms with Crippen molar-refractivity contribution in [3.63, 3.8) is 0 Å². The van der Waals surface area contributed by atoms with Crippen LogP contribution in [0.3, 0.4) is 0 Å². The summed E-state index contributed by atoms with van der Waals surface area (Å²) in [4.78, 5) is 3.98. The summed E-state index contributed by atoms with van der Waals surface area (Å²) in [5.74, 6) is -1.13. The normalized spacial score (nSPS) is 28.0. The van der Waals surface area contributed by atoms with Gasteiger partial charge in [0.2, 0.25) is 0 Å². The Labute approximate surface area is 134 Å². The van der Waals surface area contributed by atoms with Crippen LogP contribution in [0, 0.1) is 11.6 Å². The summed E-state index contributed by atoms with van der Waals surface area (Å²) in [6, 6.07) is 3.01. The van der Waals surface area contributed by atoms with Crippen molar-refractivity contribution in [2.24, 2.45) is 0 Å². The van der Waals surface area contributed by atoms with Crippen LogP contribution >= 0.6 is 0 Å². The van der Waals surface area contributed by atoms with Gasteiger partial charge in [-0.2, -0.15) is 0 Å². The third kappa shape index (κ3) is 3.71. The fourth-order valence-electron chi connectivity index (χ4n) is 3.64. The molecule has 2 fully saturated rings. The van der Waals surface area contributed by atoms with Crippen LogP contribution in [-0.4, -0.2) is 73.2 Å². The van der Waals surface area contributed by atoms with Gasteiger partial charge in [-0.05, 0) is 17.7 Å². The lowest BCUT2D eigenvalue weighted by atomic mass is 10.0. The molecule has 2 heterocycles. The first kappa shape index (κ1) is 16.8. The van der Waals surface area contributed by atoms with E-state index in [0.717, 1.165) is 6.07 Å². The van der Waals surface area contributed by atoms with Crippen LogP contribution in [0.25, 0.3) is 0 Å². The van der Waals surface area contributed by atoms with Crippen LogP contribution in [0.5, 0.6) is 0 Å². The highest BCUT2D eigenvalue weighted by Gasteiger charge is 2.46. The molecule has 23 heavy (non-hydrogen) atoms. The number of aliphatic hydroxyl groups is 1. The number of piperazine rings is 1. The number of hydrogen-bond acceptors (Lipinski definition) is 5. The summed E-state index contributed by atoms with van der Waals surface area (Å²) in [5, 5.41) is 9.14. The van der Waals surface area contributed by atoms with E-state index in [2.05, 4.69) is 0 Å². The topological polar surface area (TPSA) is 60.9 Å². The fraction of sp³-hybridized carbons (Fsp3) is 0.600. The van der Waals surface area contributed by atoms with Crippen molar-refractivity contribution in [3.8, 4) is 0 Å². The molecule has 0 saturated carbocycles. The van der Waals surface area contributed by atoms with Gasteiger partial charge in [0.15, 0.2) is 9.84 Å². The van der Waals surface area contributed by atoms with Crippen LogP contribution < -0.4 is 0 Å². The van der Waals surface area contributed by atoms with Gasteiger partial charge in [-0.1, -0.05) is 0 Å². The number of rotatable bonds is 4. The fourth-order valence-corrected chi connectivity index (χ4v) is 5.68. The monoisotopic (exact) mass is 346 g/mol. The van der Waals surface area contributed by atoms with Crippen molar-refractivity contribution < 1.29 is 22.3 Å². The predicted molar refractivity (Wildman–Crippen MR) is 81.7 cm³/mol. The van der Waals surface area contributed by atoms with Crippen molar-refractivity contribution >= 4 is 9.84 Å². The lowest BCUT2D eigenvalue weighted by molar-refractivity contribution is 0.0307. The molecule has 1 N–H and O–H groups in total. The van der Waals surface area contributed by atoms with Gasteiger partial charge in [-0.25, -0.2) is 17.2 Å². The number of hydrogen-bond donors (Lipinski definition) is 1. The van der Waals surface area contributed by atoms with Crippen molar-refractivity contribution in [1.82, 2.24) is 9.80 Å². The number of benzene rings is 1. The van der Waals surface area contributed by atoms with Crippen LogP contribution in [0.15, 0.2) is 18.2 Å². The van der Waals surface area contributed by atoms with Crippen molar-refractivity contribution in [1.29, 1.82) is 0 Å². The maximum absolute atomic E-state index is 13.3. The summed E-state index contributed by atoms with van der Waals surface area (Å²) < 4.78 is 50.7. The van der Waals surface area contributed by atoms with Gasteiger partial charge < -0.3 is 5.11 Å². The molecular formula is C15H20F2N2O3S. The molecule has 128 valence electrons. The van der Waals surface area contributed by atoms with E-state index in [-0.39, 0.29) is 30.2 Å². The largest absolute Gasteiger partial charge is 0.395 e. The van der Waals surface area contributed by atoms with Gasteiger partial charge in [-0.15, -0.1) is 0 Å². The zero-order valence-corrected chi connectivity index (χ0v) is 13.5. The first-order valence-corrected chi connectivity index (χ1v) is 9.44. The van der Waals surface area contributed by atoms with Crippen molar-refractivity contribution in [2.75, 3.05) is 37.7 Å². The molecule has 0 radical (unpaired) electrons. The SMILES string of the molecule is O=S1(=O)C[C@@H]2[C@H](C1)N(Cc1cc(F)cc(F)c1)CCN2CCO. The van der Waals surface area contributed by atoms with Gasteiger partial charge in [-0.3, -0.25) is 9.80 Å². The van der Waals surface area contributed by atoms with Gasteiger partial charge >= 0.3 is 0 Å². The Balaban J connectivity index is 1.80. The minimum absolute atomic E-state index is 0.0155. The Hall–Kier alpha value is -1.09. The zero-order valence-electron chi connectivity index (χ0n) is 12.7. The molecule has 1 aromatic rings. The van der Waals surface area contributed by atoms with Crippen molar-refractivity contribution in [2.45, 2.75) is 18.6 Å². The molecule has 2 atom stereocenters. The smallest absolute Gasteiger partial charge is 0.153 e. The maximum atomic E-state index is 13.3. The Kier molecular flexibility index (Phi) is 4.68. The molecule has 0 aliphatic carbocycles. The van der Waals surface area contributed by atoms with E-state index in [9.17, 15) is 17.2 Å². The molecule has 2 saturated heterocycles. The molecule has 0 aromatic heterocycles. The lowest BCUT2D eigenvalue weighted by Gasteiger charge is -2.43. The standard InChI is InChI=1S/C15H20F2N2O3S/c16-12-5-11(6-13(17)7-12)8-19-2-1-18(3-4-20)14-9-23(21,22)10-15(14)19/h5-7,14-15,20H,1-4,8-10H2/t14-,15+/m1/s1. The summed E-state index contributed by atoms with van der Waals surface area (Å²) in [6.07, 6.45) is 0. The number of aliphatic hydroxyl groups excluding tert-OH is 1. The molecule has 0 spiro atoms. The van der Waals surface area contributed by atoms with E-state index < -0.39 is 21.5 Å². The average Bonchev–Trinajstić information content (AvgIpc) is 2.76. The number of halogens is 2. The summed E-state index contributed by atoms with van der Waals surface area (Å²) in [5.41, 5.74) is 0.501. The van der Waals surface area contributed by atoms with E-state index in [1.54, 1.807) is 0 Å². The highest BCUT2D eigenvalue weighted by Crippen LogP contribution is 2.28. The summed E-state index contributed by atoms with van der Waals surface area (Å²) in [6.45, 7) is 1.99. The molecule has 1 aromatic carbocycles. The number of nitrogens with zero attached hydrogens (tertiary/aromatic N) is 2. The zero-order chi connectivity index (χ0) is 16.6. The van der Waals surface area contributed by atoms with Gasteiger partial charge in [0.25, 0.3) is 0 Å². The average molecular weight is 346 g/mol. The Bertz CT molecular complexity index is 663. The molecule has 8 heteroatoms. The molecule has 2 aliphatic rings. The summed E-state index contributed by atoms with van der Waals surface area (Å²) in [7, 11) is -3.13.